The van der Waals surface area contributed by atoms with Crippen molar-refractivity contribution in [3.63, 3.8) is 0 Å². The molecule has 1 N–H and O–H groups in total. The Hall–Kier alpha value is -1.86. The van der Waals surface area contributed by atoms with E-state index in [1.807, 2.05) is 39.0 Å². The topological polar surface area (TPSA) is 68.0 Å². The quantitative estimate of drug-likeness (QED) is 0.753. The van der Waals surface area contributed by atoms with E-state index in [2.05, 4.69) is 15.5 Å². The third-order valence-corrected chi connectivity index (χ3v) is 5.33. The molecule has 0 saturated carbocycles. The first-order valence-electron chi connectivity index (χ1n) is 7.19. The summed E-state index contributed by atoms with van der Waals surface area (Å²) in [6.07, 6.45) is 0. The molecule has 0 aliphatic rings. The molecule has 3 rings (SSSR count). The maximum atomic E-state index is 12.1. The highest BCUT2D eigenvalue weighted by Gasteiger charge is 2.10. The first-order valence-corrected chi connectivity index (χ1v) is 9.16. The van der Waals surface area contributed by atoms with E-state index in [9.17, 15) is 4.79 Å². The van der Waals surface area contributed by atoms with E-state index < -0.39 is 0 Å². The molecule has 120 valence electrons. The maximum absolute atomic E-state index is 12.1. The van der Waals surface area contributed by atoms with Gasteiger partial charge in [0.25, 0.3) is 0 Å². The molecular weight excluding hydrogens is 330 g/mol. The van der Waals surface area contributed by atoms with Crippen molar-refractivity contribution in [3.05, 3.63) is 40.2 Å². The minimum absolute atomic E-state index is 0.0117. The van der Waals surface area contributed by atoms with E-state index in [4.69, 9.17) is 4.52 Å². The number of hydrogen-bond acceptors (Lipinski definition) is 6. The first kappa shape index (κ1) is 16.0. The van der Waals surface area contributed by atoms with Crippen LogP contribution < -0.4 is 5.32 Å². The molecule has 3 aromatic rings. The minimum Gasteiger partial charge on any atom is -0.361 e. The van der Waals surface area contributed by atoms with E-state index >= 15 is 0 Å². The predicted molar refractivity (Wildman–Crippen MR) is 95.1 cm³/mol. The molecule has 1 aromatic carbocycles. The van der Waals surface area contributed by atoms with E-state index in [0.29, 0.717) is 5.75 Å². The van der Waals surface area contributed by atoms with Crippen LogP contribution in [0.4, 0.5) is 5.69 Å². The number of anilines is 1. The van der Waals surface area contributed by atoms with Crippen LogP contribution in [-0.2, 0) is 10.5 Å². The number of aromatic nitrogens is 2. The lowest BCUT2D eigenvalue weighted by Crippen LogP contribution is -2.14. The molecule has 1 amide bonds. The summed E-state index contributed by atoms with van der Waals surface area (Å²) in [6.45, 7) is 5.79. The van der Waals surface area contributed by atoms with Gasteiger partial charge in [0, 0.05) is 17.0 Å². The van der Waals surface area contributed by atoms with Crippen molar-refractivity contribution in [2.75, 3.05) is 11.1 Å². The average Bonchev–Trinajstić information content (AvgIpc) is 3.02. The zero-order chi connectivity index (χ0) is 16.4. The summed E-state index contributed by atoms with van der Waals surface area (Å²) in [4.78, 5) is 16.5. The fraction of sp³-hybridized carbons (Fsp3) is 0.312. The molecule has 5 nitrogen and oxygen atoms in total. The predicted octanol–water partition coefficient (Wildman–Crippen LogP) is 4.08. The number of nitrogens with zero attached hydrogens (tertiary/aromatic N) is 2. The van der Waals surface area contributed by atoms with Gasteiger partial charge in [0.1, 0.15) is 5.76 Å². The van der Waals surface area contributed by atoms with Crippen LogP contribution in [0, 0.1) is 20.8 Å². The summed E-state index contributed by atoms with van der Waals surface area (Å²) < 4.78 is 6.21. The smallest absolute Gasteiger partial charge is 0.234 e. The fourth-order valence-corrected chi connectivity index (χ4v) is 4.11. The zero-order valence-corrected chi connectivity index (χ0v) is 14.8. The lowest BCUT2D eigenvalue weighted by molar-refractivity contribution is -0.113. The van der Waals surface area contributed by atoms with Crippen molar-refractivity contribution in [2.45, 2.75) is 26.5 Å². The Kier molecular flexibility index (Phi) is 4.68. The van der Waals surface area contributed by atoms with Crippen LogP contribution in [0.15, 0.2) is 22.7 Å². The van der Waals surface area contributed by atoms with Gasteiger partial charge in [-0.1, -0.05) is 5.16 Å². The molecule has 0 aliphatic heterocycles. The number of fused-ring (bicyclic) bond motifs is 1. The third-order valence-electron chi connectivity index (χ3n) is 3.44. The zero-order valence-electron chi connectivity index (χ0n) is 13.2. The molecule has 7 heteroatoms. The summed E-state index contributed by atoms with van der Waals surface area (Å²) in [5.74, 6) is 1.93. The Morgan fingerprint density at radius 1 is 1.35 bits per heavy atom. The molecule has 0 unspecified atom stereocenters. The van der Waals surface area contributed by atoms with Gasteiger partial charge in [-0.15, -0.1) is 23.1 Å². The van der Waals surface area contributed by atoms with Crippen LogP contribution in [-0.4, -0.2) is 21.8 Å². The molecule has 0 saturated heterocycles. The Bertz CT molecular complexity index is 835. The molecule has 2 aromatic heterocycles. The highest BCUT2D eigenvalue weighted by Crippen LogP contribution is 2.25. The van der Waals surface area contributed by atoms with Crippen molar-refractivity contribution in [3.8, 4) is 0 Å². The Balaban J connectivity index is 1.56. The van der Waals surface area contributed by atoms with Gasteiger partial charge >= 0.3 is 0 Å². The minimum atomic E-state index is -0.0117. The highest BCUT2D eigenvalue weighted by molar-refractivity contribution is 7.99. The normalized spacial score (nSPS) is 11.1. The monoisotopic (exact) mass is 347 g/mol. The van der Waals surface area contributed by atoms with Crippen molar-refractivity contribution >= 4 is 44.9 Å². The summed E-state index contributed by atoms with van der Waals surface area (Å²) in [5, 5.41) is 7.88. The molecule has 0 bridgehead atoms. The Morgan fingerprint density at radius 3 is 2.91 bits per heavy atom. The largest absolute Gasteiger partial charge is 0.361 e. The van der Waals surface area contributed by atoms with Gasteiger partial charge in [0.05, 0.1) is 26.7 Å². The Morgan fingerprint density at radius 2 is 2.17 bits per heavy atom. The third kappa shape index (κ3) is 3.73. The second kappa shape index (κ2) is 6.72. The molecule has 0 aliphatic carbocycles. The van der Waals surface area contributed by atoms with Gasteiger partial charge in [-0.05, 0) is 39.0 Å². The molecule has 23 heavy (non-hydrogen) atoms. The number of amides is 1. The van der Waals surface area contributed by atoms with Gasteiger partial charge in [-0.3, -0.25) is 4.79 Å². The number of benzene rings is 1. The SMILES string of the molecule is Cc1nc2ccc(NC(=O)CSCc3c(C)noc3C)cc2s1. The van der Waals surface area contributed by atoms with Crippen LogP contribution >= 0.6 is 23.1 Å². The van der Waals surface area contributed by atoms with Crippen molar-refractivity contribution in [1.82, 2.24) is 10.1 Å². The number of hydrogen-bond donors (Lipinski definition) is 1. The lowest BCUT2D eigenvalue weighted by atomic mass is 10.2. The standard InChI is InChI=1S/C16H17N3O2S2/c1-9-13(10(2)21-19-9)7-22-8-16(20)18-12-4-5-14-15(6-12)23-11(3)17-14/h4-6H,7-8H2,1-3H3,(H,18,20). The molecule has 2 heterocycles. The van der Waals surface area contributed by atoms with E-state index in [-0.39, 0.29) is 5.91 Å². The molecule has 0 fully saturated rings. The van der Waals surface area contributed by atoms with Gasteiger partial charge < -0.3 is 9.84 Å². The van der Waals surface area contributed by atoms with Crippen LogP contribution in [0.3, 0.4) is 0 Å². The number of thiazole rings is 1. The van der Waals surface area contributed by atoms with Crippen molar-refractivity contribution < 1.29 is 9.32 Å². The number of thioether (sulfide) groups is 1. The van der Waals surface area contributed by atoms with Crippen molar-refractivity contribution in [1.29, 1.82) is 0 Å². The summed E-state index contributed by atoms with van der Waals surface area (Å²) in [6, 6.07) is 5.79. The number of carbonyl (C=O) groups is 1. The molecule has 0 atom stereocenters. The van der Waals surface area contributed by atoms with Crippen LogP contribution in [0.1, 0.15) is 22.0 Å². The summed E-state index contributed by atoms with van der Waals surface area (Å²) in [7, 11) is 0. The van der Waals surface area contributed by atoms with Gasteiger partial charge in [0.2, 0.25) is 5.91 Å². The molecular formula is C16H17N3O2S2. The van der Waals surface area contributed by atoms with Crippen molar-refractivity contribution in [2.24, 2.45) is 0 Å². The second-order valence-electron chi connectivity index (χ2n) is 5.26. The fourth-order valence-electron chi connectivity index (χ4n) is 2.27. The summed E-state index contributed by atoms with van der Waals surface area (Å²) >= 11 is 3.18. The average molecular weight is 347 g/mol. The van der Waals surface area contributed by atoms with Crippen LogP contribution in [0.25, 0.3) is 10.2 Å². The highest BCUT2D eigenvalue weighted by atomic mass is 32.2. The van der Waals surface area contributed by atoms with E-state index in [1.165, 1.54) is 0 Å². The van der Waals surface area contributed by atoms with E-state index in [1.54, 1.807) is 23.1 Å². The number of nitrogens with one attached hydrogen (secondary N) is 1. The van der Waals surface area contributed by atoms with Gasteiger partial charge in [-0.2, -0.15) is 0 Å². The molecule has 0 spiro atoms. The van der Waals surface area contributed by atoms with Crippen LogP contribution in [0.5, 0.6) is 0 Å². The summed E-state index contributed by atoms with van der Waals surface area (Å²) in [5.41, 5.74) is 3.74. The van der Waals surface area contributed by atoms with E-state index in [0.717, 1.165) is 43.7 Å². The Labute approximate surface area is 142 Å². The van der Waals surface area contributed by atoms with Crippen LogP contribution in [0.2, 0.25) is 0 Å². The number of rotatable bonds is 5. The number of aryl methyl sites for hydroxylation is 3. The maximum Gasteiger partial charge on any atom is 0.234 e. The molecule has 0 radical (unpaired) electrons. The van der Waals surface area contributed by atoms with Gasteiger partial charge in [-0.25, -0.2) is 4.98 Å². The first-order chi connectivity index (χ1) is 11.0. The second-order valence-corrected chi connectivity index (χ2v) is 7.48. The number of carbonyl (C=O) groups excluding carboxylic acids is 1. The van der Waals surface area contributed by atoms with Gasteiger partial charge in [0.15, 0.2) is 0 Å². The lowest BCUT2D eigenvalue weighted by Gasteiger charge is -2.05.